The average molecular weight is 466 g/mol. The minimum atomic E-state index is -0.0316. The van der Waals surface area contributed by atoms with Crippen molar-refractivity contribution < 1.29 is 14.3 Å². The summed E-state index contributed by atoms with van der Waals surface area (Å²) in [7, 11) is 0. The molecule has 0 bridgehead atoms. The molecule has 0 spiro atoms. The van der Waals surface area contributed by atoms with Crippen molar-refractivity contribution in [2.24, 2.45) is 0 Å². The Kier molecular flexibility index (Phi) is 7.10. The van der Waals surface area contributed by atoms with Gasteiger partial charge in [-0.15, -0.1) is 0 Å². The van der Waals surface area contributed by atoms with Gasteiger partial charge in [-0.2, -0.15) is 0 Å². The maximum Gasteiger partial charge on any atom is 0.255 e. The van der Waals surface area contributed by atoms with Crippen molar-refractivity contribution in [3.8, 4) is 5.75 Å². The molecule has 0 fully saturated rings. The summed E-state index contributed by atoms with van der Waals surface area (Å²) in [5.41, 5.74) is 4.31. The van der Waals surface area contributed by atoms with Gasteiger partial charge in [-0.3, -0.25) is 4.79 Å². The molecule has 4 aromatic carbocycles. The minimum Gasteiger partial charge on any atom is -0.494 e. The lowest BCUT2D eigenvalue weighted by Crippen LogP contribution is -2.46. The summed E-state index contributed by atoms with van der Waals surface area (Å²) in [5.74, 6) is 0.923. The van der Waals surface area contributed by atoms with Gasteiger partial charge in [-0.05, 0) is 58.5 Å². The highest BCUT2D eigenvalue weighted by Gasteiger charge is 2.31. The Bertz CT molecular complexity index is 1310. The zero-order valence-corrected chi connectivity index (χ0v) is 20.2. The highest BCUT2D eigenvalue weighted by molar-refractivity contribution is 6.07. The number of ether oxygens (including phenoxy) is 2. The van der Waals surface area contributed by atoms with E-state index in [1.807, 2.05) is 65.6 Å². The van der Waals surface area contributed by atoms with Crippen molar-refractivity contribution in [3.05, 3.63) is 113 Å². The molecule has 0 saturated carbocycles. The van der Waals surface area contributed by atoms with E-state index in [2.05, 4.69) is 37.3 Å². The van der Waals surface area contributed by atoms with Crippen LogP contribution in [-0.4, -0.2) is 30.1 Å². The molecule has 0 aromatic heterocycles. The van der Waals surface area contributed by atoms with Crippen molar-refractivity contribution in [1.29, 1.82) is 0 Å². The highest BCUT2D eigenvalue weighted by Crippen LogP contribution is 2.28. The summed E-state index contributed by atoms with van der Waals surface area (Å²) < 4.78 is 11.9. The summed E-state index contributed by atoms with van der Waals surface area (Å²) in [6, 6.07) is 30.5. The van der Waals surface area contributed by atoms with Crippen LogP contribution in [0.25, 0.3) is 10.8 Å². The lowest BCUT2D eigenvalue weighted by atomic mass is 9.93. The van der Waals surface area contributed by atoms with Gasteiger partial charge < -0.3 is 14.4 Å². The van der Waals surface area contributed by atoms with Crippen molar-refractivity contribution in [2.45, 2.75) is 39.0 Å². The van der Waals surface area contributed by atoms with E-state index in [0.29, 0.717) is 26.4 Å². The van der Waals surface area contributed by atoms with Crippen LogP contribution in [0.2, 0.25) is 0 Å². The topological polar surface area (TPSA) is 38.8 Å². The van der Waals surface area contributed by atoms with Crippen LogP contribution in [0.4, 0.5) is 0 Å². The Hall–Kier alpha value is -3.63. The zero-order valence-electron chi connectivity index (χ0n) is 20.2. The maximum absolute atomic E-state index is 13.9. The molecule has 35 heavy (non-hydrogen) atoms. The van der Waals surface area contributed by atoms with Crippen molar-refractivity contribution in [2.75, 3.05) is 13.2 Å². The van der Waals surface area contributed by atoms with Crippen LogP contribution in [-0.2, 0) is 24.3 Å². The minimum absolute atomic E-state index is 0.0316. The first kappa shape index (κ1) is 23.1. The molecule has 178 valence electrons. The first-order valence-electron chi connectivity index (χ1n) is 12.4. The molecule has 5 rings (SSSR count). The number of hydrogen-bond acceptors (Lipinski definition) is 3. The molecule has 4 heteroatoms. The fourth-order valence-corrected chi connectivity index (χ4v) is 4.80. The number of fused-ring (bicyclic) bond motifs is 2. The molecule has 1 aliphatic heterocycles. The van der Waals surface area contributed by atoms with Crippen molar-refractivity contribution in [3.63, 3.8) is 0 Å². The molecule has 4 aromatic rings. The Balaban J connectivity index is 1.35. The molecular formula is C31H31NO3. The number of hydrogen-bond donors (Lipinski definition) is 0. The van der Waals surface area contributed by atoms with Gasteiger partial charge in [0.15, 0.2) is 0 Å². The summed E-state index contributed by atoms with van der Waals surface area (Å²) in [6.45, 7) is 4.35. The van der Waals surface area contributed by atoms with Gasteiger partial charge in [0.1, 0.15) is 5.75 Å². The third kappa shape index (κ3) is 5.23. The zero-order chi connectivity index (χ0) is 24.0. The van der Waals surface area contributed by atoms with Gasteiger partial charge in [-0.25, -0.2) is 0 Å². The van der Waals surface area contributed by atoms with Gasteiger partial charge in [0.25, 0.3) is 5.91 Å². The van der Waals surface area contributed by atoms with Crippen LogP contribution < -0.4 is 4.74 Å². The molecule has 0 radical (unpaired) electrons. The maximum atomic E-state index is 13.9. The molecule has 1 amide bonds. The normalized spacial score (nSPS) is 15.1. The molecule has 0 saturated heterocycles. The van der Waals surface area contributed by atoms with Crippen LogP contribution in [0.15, 0.2) is 91.0 Å². The summed E-state index contributed by atoms with van der Waals surface area (Å²) in [5, 5.41) is 2.07. The van der Waals surface area contributed by atoms with Crippen LogP contribution in [0.3, 0.4) is 0 Å². The monoisotopic (exact) mass is 465 g/mol. The third-order valence-electron chi connectivity index (χ3n) is 6.59. The average Bonchev–Trinajstić information content (AvgIpc) is 2.91. The van der Waals surface area contributed by atoms with E-state index < -0.39 is 0 Å². The molecule has 1 heterocycles. The van der Waals surface area contributed by atoms with Crippen molar-refractivity contribution in [1.82, 2.24) is 4.90 Å². The lowest BCUT2D eigenvalue weighted by molar-refractivity contribution is 0.0326. The molecule has 1 unspecified atom stereocenters. The summed E-state index contributed by atoms with van der Waals surface area (Å²) in [4.78, 5) is 15.9. The number of nitrogens with zero attached hydrogens (tertiary/aromatic N) is 1. The van der Waals surface area contributed by atoms with E-state index in [1.54, 1.807) is 0 Å². The van der Waals surface area contributed by atoms with Gasteiger partial charge >= 0.3 is 0 Å². The first-order valence-corrected chi connectivity index (χ1v) is 12.4. The summed E-state index contributed by atoms with van der Waals surface area (Å²) >= 11 is 0. The third-order valence-corrected chi connectivity index (χ3v) is 6.59. The number of carbonyl (C=O) groups excluding carboxylic acids is 1. The predicted molar refractivity (Wildman–Crippen MR) is 140 cm³/mol. The van der Waals surface area contributed by atoms with Gasteiger partial charge in [0.05, 0.1) is 25.9 Å². The second-order valence-corrected chi connectivity index (χ2v) is 9.10. The molecule has 0 aliphatic carbocycles. The van der Waals surface area contributed by atoms with E-state index in [0.717, 1.165) is 40.5 Å². The van der Waals surface area contributed by atoms with E-state index in [4.69, 9.17) is 9.47 Å². The summed E-state index contributed by atoms with van der Waals surface area (Å²) in [6.07, 6.45) is 1.76. The number of benzene rings is 4. The van der Waals surface area contributed by atoms with E-state index in [-0.39, 0.29) is 11.9 Å². The molecular weight excluding hydrogens is 434 g/mol. The van der Waals surface area contributed by atoms with Crippen LogP contribution in [0.1, 0.15) is 40.4 Å². The fraction of sp³-hybridized carbons (Fsp3) is 0.258. The molecule has 1 aliphatic rings. The smallest absolute Gasteiger partial charge is 0.255 e. The Morgan fingerprint density at radius 3 is 2.57 bits per heavy atom. The van der Waals surface area contributed by atoms with Crippen LogP contribution in [0, 0.1) is 0 Å². The van der Waals surface area contributed by atoms with E-state index >= 15 is 0 Å². The largest absolute Gasteiger partial charge is 0.494 e. The fourth-order valence-electron chi connectivity index (χ4n) is 4.80. The Morgan fingerprint density at radius 2 is 1.69 bits per heavy atom. The Labute approximate surface area is 207 Å². The molecule has 1 atom stereocenters. The Morgan fingerprint density at radius 1 is 0.914 bits per heavy atom. The second-order valence-electron chi connectivity index (χ2n) is 9.10. The number of amides is 1. The molecule has 0 N–H and O–H groups in total. The van der Waals surface area contributed by atoms with Crippen LogP contribution in [0.5, 0.6) is 5.75 Å². The quantitative estimate of drug-likeness (QED) is 0.302. The van der Waals surface area contributed by atoms with E-state index in [1.165, 1.54) is 11.1 Å². The van der Waals surface area contributed by atoms with Crippen molar-refractivity contribution >= 4 is 16.7 Å². The standard InChI is InChI=1S/C31H31NO3/c1-2-17-35-28-14-7-9-23(18-28)21-34-22-27-19-25-11-3-4-12-26(25)20-32(27)31(33)30-16-8-13-24-10-5-6-15-29(24)30/h3-16,18,27H,2,17,19-22H2,1H3. The molecule has 4 nitrogen and oxygen atoms in total. The predicted octanol–water partition coefficient (Wildman–Crippen LogP) is 6.41. The van der Waals surface area contributed by atoms with Gasteiger partial charge in [-0.1, -0.05) is 79.7 Å². The van der Waals surface area contributed by atoms with Gasteiger partial charge in [0, 0.05) is 12.1 Å². The van der Waals surface area contributed by atoms with Crippen LogP contribution >= 0.6 is 0 Å². The SMILES string of the molecule is CCCOc1cccc(COCC2Cc3ccccc3CN2C(=O)c2cccc3ccccc23)c1. The number of carbonyl (C=O) groups is 1. The van der Waals surface area contributed by atoms with Gasteiger partial charge in [0.2, 0.25) is 0 Å². The first-order chi connectivity index (χ1) is 17.2. The second kappa shape index (κ2) is 10.7. The highest BCUT2D eigenvalue weighted by atomic mass is 16.5. The van der Waals surface area contributed by atoms with E-state index in [9.17, 15) is 4.79 Å². The lowest BCUT2D eigenvalue weighted by Gasteiger charge is -2.37. The number of rotatable bonds is 8.